The smallest absolute Gasteiger partial charge is 0.335 e. The van der Waals surface area contributed by atoms with Gasteiger partial charge in [0.1, 0.15) is 18.2 Å². The van der Waals surface area contributed by atoms with Gasteiger partial charge in [0.05, 0.1) is 27.9 Å². The monoisotopic (exact) mass is 520 g/mol. The van der Waals surface area contributed by atoms with E-state index in [1.165, 1.54) is 24.3 Å². The van der Waals surface area contributed by atoms with Gasteiger partial charge in [-0.25, -0.2) is 18.2 Å². The minimum Gasteiger partial charge on any atom is -0.489 e. The number of unbranched alkanes of at least 4 members (excludes halogenated alkanes) is 1. The Morgan fingerprint density at radius 1 is 1.00 bits per heavy atom. The van der Waals surface area contributed by atoms with Crippen molar-refractivity contribution in [2.75, 3.05) is 6.26 Å². The Balaban J connectivity index is 1.57. The van der Waals surface area contributed by atoms with E-state index in [2.05, 4.69) is 6.92 Å². The van der Waals surface area contributed by atoms with Gasteiger partial charge in [-0.15, -0.1) is 0 Å². The van der Waals surface area contributed by atoms with Gasteiger partial charge in [0.15, 0.2) is 9.84 Å². The zero-order valence-corrected chi connectivity index (χ0v) is 21.5. The SMILES string of the molecule is CCCCc1nc2ccc(S(C)(=O)=O)cc2c(=O)n1Cc1ccc(OCc2ccc(C(=O)O)cc2)cc1. The van der Waals surface area contributed by atoms with E-state index in [-0.39, 0.29) is 28.0 Å². The lowest BCUT2D eigenvalue weighted by Crippen LogP contribution is -2.26. The number of carboxylic acids is 1. The lowest BCUT2D eigenvalue weighted by atomic mass is 10.1. The van der Waals surface area contributed by atoms with Crippen LogP contribution in [0.4, 0.5) is 0 Å². The van der Waals surface area contributed by atoms with Crippen LogP contribution in [0.5, 0.6) is 5.75 Å². The van der Waals surface area contributed by atoms with Gasteiger partial charge in [-0.3, -0.25) is 9.36 Å². The number of rotatable bonds is 10. The molecule has 0 bridgehead atoms. The highest BCUT2D eigenvalue weighted by Gasteiger charge is 2.15. The lowest BCUT2D eigenvalue weighted by molar-refractivity contribution is 0.0696. The molecule has 0 saturated carbocycles. The molecule has 0 aliphatic carbocycles. The van der Waals surface area contributed by atoms with Crippen LogP contribution in [0.2, 0.25) is 0 Å². The van der Waals surface area contributed by atoms with E-state index in [9.17, 15) is 18.0 Å². The second-order valence-corrected chi connectivity index (χ2v) is 10.9. The molecule has 0 radical (unpaired) electrons. The van der Waals surface area contributed by atoms with E-state index in [0.29, 0.717) is 30.1 Å². The average molecular weight is 521 g/mol. The maximum Gasteiger partial charge on any atom is 0.335 e. The van der Waals surface area contributed by atoms with E-state index < -0.39 is 15.8 Å². The molecule has 0 atom stereocenters. The van der Waals surface area contributed by atoms with Crippen LogP contribution in [0.15, 0.2) is 76.4 Å². The zero-order valence-electron chi connectivity index (χ0n) is 20.7. The van der Waals surface area contributed by atoms with Gasteiger partial charge in [-0.2, -0.15) is 0 Å². The molecule has 0 amide bonds. The van der Waals surface area contributed by atoms with Crippen molar-refractivity contribution in [2.24, 2.45) is 0 Å². The predicted octanol–water partition coefficient (Wildman–Crippen LogP) is 4.47. The first kappa shape index (κ1) is 26.1. The standard InChI is InChI=1S/C28H28N2O6S/c1-3-4-5-26-29-25-15-14-23(37(2,34)35)16-24(25)27(31)30(26)17-19-8-12-22(13-9-19)36-18-20-6-10-21(11-7-20)28(32)33/h6-16H,3-5,17-18H2,1-2H3,(H,32,33). The van der Waals surface area contributed by atoms with Crippen LogP contribution in [-0.4, -0.2) is 35.3 Å². The van der Waals surface area contributed by atoms with Crippen molar-refractivity contribution in [3.63, 3.8) is 0 Å². The maximum absolute atomic E-state index is 13.5. The first-order chi connectivity index (χ1) is 17.7. The van der Waals surface area contributed by atoms with Crippen molar-refractivity contribution in [1.29, 1.82) is 0 Å². The van der Waals surface area contributed by atoms with E-state index in [0.717, 1.165) is 30.2 Å². The van der Waals surface area contributed by atoms with Crippen LogP contribution in [0.3, 0.4) is 0 Å². The molecule has 1 heterocycles. The van der Waals surface area contributed by atoms with E-state index in [1.807, 2.05) is 24.3 Å². The highest BCUT2D eigenvalue weighted by atomic mass is 32.2. The van der Waals surface area contributed by atoms with Crippen molar-refractivity contribution in [2.45, 2.75) is 44.2 Å². The topological polar surface area (TPSA) is 116 Å². The third kappa shape index (κ3) is 6.24. The third-order valence-corrected chi connectivity index (χ3v) is 7.17. The first-order valence-corrected chi connectivity index (χ1v) is 13.8. The number of aromatic carboxylic acids is 1. The molecule has 9 heteroatoms. The van der Waals surface area contributed by atoms with Crippen molar-refractivity contribution in [1.82, 2.24) is 9.55 Å². The third-order valence-electron chi connectivity index (χ3n) is 6.06. The van der Waals surface area contributed by atoms with E-state index in [4.69, 9.17) is 14.8 Å². The van der Waals surface area contributed by atoms with Gasteiger partial charge < -0.3 is 9.84 Å². The molecule has 192 valence electrons. The number of sulfone groups is 1. The highest BCUT2D eigenvalue weighted by Crippen LogP contribution is 2.19. The summed E-state index contributed by atoms with van der Waals surface area (Å²) in [4.78, 5) is 29.2. The highest BCUT2D eigenvalue weighted by molar-refractivity contribution is 7.90. The van der Waals surface area contributed by atoms with Crippen LogP contribution in [0.1, 0.15) is 47.1 Å². The minimum atomic E-state index is -3.46. The summed E-state index contributed by atoms with van der Waals surface area (Å²) in [5, 5.41) is 9.28. The molecular weight excluding hydrogens is 492 g/mol. The number of aromatic nitrogens is 2. The van der Waals surface area contributed by atoms with Crippen LogP contribution < -0.4 is 10.3 Å². The summed E-state index contributed by atoms with van der Waals surface area (Å²) in [6.07, 6.45) is 3.58. The maximum atomic E-state index is 13.5. The van der Waals surface area contributed by atoms with Gasteiger partial charge in [-0.05, 0) is 60.0 Å². The van der Waals surface area contributed by atoms with Crippen LogP contribution in [0.25, 0.3) is 10.9 Å². The van der Waals surface area contributed by atoms with Gasteiger partial charge in [0.25, 0.3) is 5.56 Å². The Hall–Kier alpha value is -3.98. The zero-order chi connectivity index (χ0) is 26.6. The summed E-state index contributed by atoms with van der Waals surface area (Å²) in [6, 6.07) is 18.3. The molecule has 0 aliphatic rings. The summed E-state index contributed by atoms with van der Waals surface area (Å²) >= 11 is 0. The van der Waals surface area contributed by atoms with Gasteiger partial charge in [0.2, 0.25) is 0 Å². The number of carbonyl (C=O) groups is 1. The second-order valence-electron chi connectivity index (χ2n) is 8.91. The lowest BCUT2D eigenvalue weighted by Gasteiger charge is -2.14. The number of nitrogens with zero attached hydrogens (tertiary/aromatic N) is 2. The Kier molecular flexibility index (Phi) is 7.73. The van der Waals surface area contributed by atoms with Gasteiger partial charge >= 0.3 is 5.97 Å². The molecule has 1 aromatic heterocycles. The summed E-state index contributed by atoms with van der Waals surface area (Å²) in [5.41, 5.74) is 2.15. The minimum absolute atomic E-state index is 0.0888. The van der Waals surface area contributed by atoms with Crippen molar-refractivity contribution >= 4 is 26.7 Å². The molecule has 1 N–H and O–H groups in total. The molecule has 3 aromatic carbocycles. The Morgan fingerprint density at radius 3 is 2.30 bits per heavy atom. The Bertz CT molecular complexity index is 1590. The molecule has 4 rings (SSSR count). The molecule has 0 fully saturated rings. The Morgan fingerprint density at radius 2 is 1.68 bits per heavy atom. The molecule has 4 aromatic rings. The fourth-order valence-electron chi connectivity index (χ4n) is 3.95. The fourth-order valence-corrected chi connectivity index (χ4v) is 4.60. The molecule has 0 spiro atoms. The molecule has 0 aliphatic heterocycles. The summed E-state index contributed by atoms with van der Waals surface area (Å²) in [6.45, 7) is 2.65. The first-order valence-electron chi connectivity index (χ1n) is 11.9. The summed E-state index contributed by atoms with van der Waals surface area (Å²) in [7, 11) is -3.46. The van der Waals surface area contributed by atoms with Gasteiger partial charge in [0, 0.05) is 12.7 Å². The predicted molar refractivity (Wildman–Crippen MR) is 141 cm³/mol. The van der Waals surface area contributed by atoms with Crippen LogP contribution >= 0.6 is 0 Å². The van der Waals surface area contributed by atoms with Crippen molar-refractivity contribution in [3.8, 4) is 5.75 Å². The molecular formula is C28H28N2O6S. The second kappa shape index (κ2) is 11.0. The van der Waals surface area contributed by atoms with E-state index >= 15 is 0 Å². The number of fused-ring (bicyclic) bond motifs is 1. The number of benzene rings is 3. The van der Waals surface area contributed by atoms with Crippen molar-refractivity contribution in [3.05, 3.63) is 99.6 Å². The molecule has 0 saturated heterocycles. The largest absolute Gasteiger partial charge is 0.489 e. The quantitative estimate of drug-likeness (QED) is 0.328. The molecule has 37 heavy (non-hydrogen) atoms. The van der Waals surface area contributed by atoms with Crippen molar-refractivity contribution < 1.29 is 23.1 Å². The number of carboxylic acid groups (broad SMARTS) is 1. The van der Waals surface area contributed by atoms with Crippen LogP contribution in [-0.2, 0) is 29.4 Å². The number of hydrogen-bond acceptors (Lipinski definition) is 6. The van der Waals surface area contributed by atoms with Crippen LogP contribution in [0, 0.1) is 0 Å². The normalized spacial score (nSPS) is 11.5. The summed E-state index contributed by atoms with van der Waals surface area (Å²) in [5.74, 6) is 0.327. The Labute approximate surface area is 215 Å². The molecule has 8 nitrogen and oxygen atoms in total. The average Bonchev–Trinajstić information content (AvgIpc) is 2.88. The van der Waals surface area contributed by atoms with Gasteiger partial charge in [-0.1, -0.05) is 37.6 Å². The number of ether oxygens (including phenoxy) is 1. The summed E-state index contributed by atoms with van der Waals surface area (Å²) < 4.78 is 31.5. The fraction of sp³-hybridized carbons (Fsp3) is 0.250. The molecule has 0 unspecified atom stereocenters. The number of aryl methyl sites for hydroxylation is 1. The van der Waals surface area contributed by atoms with E-state index in [1.54, 1.807) is 22.8 Å². The number of hydrogen-bond donors (Lipinski definition) is 1.